The fourth-order valence-electron chi connectivity index (χ4n) is 1.31. The maximum absolute atomic E-state index is 10.9. The standard InChI is InChI=1S/C10H21NO2Si/c1-10(2,3)14(4)13-7-8-5-6-9(12)11-8/h8,14H,5-7H2,1-4H3,(H,11,12)/t8-,14?/m0/s1. The predicted molar refractivity (Wildman–Crippen MR) is 59.8 cm³/mol. The first-order valence-corrected chi connectivity index (χ1v) is 7.51. The molecule has 1 rings (SSSR count). The summed E-state index contributed by atoms with van der Waals surface area (Å²) < 4.78 is 5.86. The predicted octanol–water partition coefficient (Wildman–Crippen LogP) is 1.44. The van der Waals surface area contributed by atoms with E-state index in [4.69, 9.17) is 4.43 Å². The normalized spacial score (nSPS) is 24.9. The van der Waals surface area contributed by atoms with Crippen LogP contribution >= 0.6 is 0 Å². The zero-order valence-electron chi connectivity index (χ0n) is 9.59. The minimum absolute atomic E-state index is 0.170. The SMILES string of the molecule is C[SiH](OC[C@@H]1CCC(=O)N1)C(C)(C)C. The summed E-state index contributed by atoms with van der Waals surface area (Å²) in [6, 6.07) is 0.264. The maximum atomic E-state index is 10.9. The maximum Gasteiger partial charge on any atom is 0.220 e. The van der Waals surface area contributed by atoms with Crippen LogP contribution in [-0.4, -0.2) is 27.6 Å². The van der Waals surface area contributed by atoms with Gasteiger partial charge >= 0.3 is 0 Å². The van der Waals surface area contributed by atoms with Gasteiger partial charge in [0.05, 0.1) is 12.6 Å². The second kappa shape index (κ2) is 4.44. The van der Waals surface area contributed by atoms with Crippen molar-refractivity contribution in [2.24, 2.45) is 0 Å². The fourth-order valence-corrected chi connectivity index (χ4v) is 2.33. The molecule has 1 amide bonds. The molecule has 0 radical (unpaired) electrons. The summed E-state index contributed by atoms with van der Waals surface area (Å²) in [7, 11) is -1.12. The Morgan fingerprint density at radius 1 is 1.57 bits per heavy atom. The van der Waals surface area contributed by atoms with Gasteiger partial charge in [0.25, 0.3) is 0 Å². The Morgan fingerprint density at radius 3 is 2.64 bits per heavy atom. The van der Waals surface area contributed by atoms with E-state index in [1.165, 1.54) is 0 Å². The number of carbonyl (C=O) groups excluding carboxylic acids is 1. The lowest BCUT2D eigenvalue weighted by Crippen LogP contribution is -2.35. The highest BCUT2D eigenvalue weighted by Crippen LogP contribution is 2.27. The Bertz CT molecular complexity index is 213. The van der Waals surface area contributed by atoms with E-state index in [0.29, 0.717) is 18.1 Å². The first kappa shape index (κ1) is 11.7. The molecular weight excluding hydrogens is 194 g/mol. The van der Waals surface area contributed by atoms with Crippen LogP contribution in [0.15, 0.2) is 0 Å². The molecule has 14 heavy (non-hydrogen) atoms. The summed E-state index contributed by atoms with van der Waals surface area (Å²) in [6.07, 6.45) is 1.60. The Balaban J connectivity index is 2.24. The second-order valence-corrected chi connectivity index (χ2v) is 8.49. The van der Waals surface area contributed by atoms with Crippen molar-refractivity contribution in [1.82, 2.24) is 5.32 Å². The van der Waals surface area contributed by atoms with Gasteiger partial charge in [-0.2, -0.15) is 0 Å². The van der Waals surface area contributed by atoms with E-state index in [-0.39, 0.29) is 11.9 Å². The van der Waals surface area contributed by atoms with Crippen molar-refractivity contribution in [1.29, 1.82) is 0 Å². The smallest absolute Gasteiger partial charge is 0.220 e. The van der Waals surface area contributed by atoms with Crippen LogP contribution in [0.3, 0.4) is 0 Å². The Kier molecular flexibility index (Phi) is 3.72. The Morgan fingerprint density at radius 2 is 2.21 bits per heavy atom. The van der Waals surface area contributed by atoms with Crippen molar-refractivity contribution < 1.29 is 9.22 Å². The average Bonchev–Trinajstić information content (AvgIpc) is 2.45. The van der Waals surface area contributed by atoms with Crippen LogP contribution in [0.1, 0.15) is 33.6 Å². The number of hydrogen-bond acceptors (Lipinski definition) is 2. The van der Waals surface area contributed by atoms with E-state index in [0.717, 1.165) is 6.42 Å². The lowest BCUT2D eigenvalue weighted by atomic mass is 10.2. The third kappa shape index (κ3) is 3.42. The lowest BCUT2D eigenvalue weighted by molar-refractivity contribution is -0.119. The van der Waals surface area contributed by atoms with Crippen LogP contribution in [0.2, 0.25) is 11.6 Å². The zero-order chi connectivity index (χ0) is 10.8. The molecule has 0 aromatic rings. The van der Waals surface area contributed by atoms with Crippen LogP contribution in [-0.2, 0) is 9.22 Å². The summed E-state index contributed by atoms with van der Waals surface area (Å²) in [6.45, 7) is 9.58. The van der Waals surface area contributed by atoms with Crippen molar-refractivity contribution in [3.63, 3.8) is 0 Å². The molecule has 1 unspecified atom stereocenters. The average molecular weight is 215 g/mol. The van der Waals surface area contributed by atoms with E-state index in [9.17, 15) is 4.79 Å². The second-order valence-electron chi connectivity index (χ2n) is 5.14. The lowest BCUT2D eigenvalue weighted by Gasteiger charge is -2.26. The number of carbonyl (C=O) groups is 1. The van der Waals surface area contributed by atoms with Gasteiger partial charge in [-0.05, 0) is 18.0 Å². The van der Waals surface area contributed by atoms with E-state index < -0.39 is 9.04 Å². The number of amides is 1. The molecule has 3 nitrogen and oxygen atoms in total. The number of hydrogen-bond donors (Lipinski definition) is 1. The van der Waals surface area contributed by atoms with Gasteiger partial charge < -0.3 is 9.74 Å². The molecule has 0 aromatic carbocycles. The van der Waals surface area contributed by atoms with Crippen LogP contribution in [0, 0.1) is 0 Å². The molecule has 0 aromatic heterocycles. The van der Waals surface area contributed by atoms with Crippen LogP contribution < -0.4 is 5.32 Å². The molecule has 1 heterocycles. The zero-order valence-corrected chi connectivity index (χ0v) is 10.7. The quantitative estimate of drug-likeness (QED) is 0.723. The summed E-state index contributed by atoms with van der Waals surface area (Å²) >= 11 is 0. The topological polar surface area (TPSA) is 38.3 Å². The largest absolute Gasteiger partial charge is 0.418 e. The van der Waals surface area contributed by atoms with Crippen molar-refractivity contribution in [2.45, 2.75) is 51.2 Å². The van der Waals surface area contributed by atoms with Crippen molar-refractivity contribution in [3.8, 4) is 0 Å². The molecule has 1 saturated heterocycles. The Labute approximate surface area is 87.9 Å². The van der Waals surface area contributed by atoms with E-state index in [1.54, 1.807) is 0 Å². The van der Waals surface area contributed by atoms with Gasteiger partial charge in [0.1, 0.15) is 0 Å². The summed E-state index contributed by atoms with van der Waals surface area (Å²) in [5.74, 6) is 0.170. The van der Waals surface area contributed by atoms with Gasteiger partial charge in [0.15, 0.2) is 9.04 Å². The van der Waals surface area contributed by atoms with Crippen LogP contribution in [0.5, 0.6) is 0 Å². The van der Waals surface area contributed by atoms with Crippen LogP contribution in [0.25, 0.3) is 0 Å². The highest BCUT2D eigenvalue weighted by molar-refractivity contribution is 6.53. The Hall–Kier alpha value is -0.353. The van der Waals surface area contributed by atoms with Crippen molar-refractivity contribution >= 4 is 14.9 Å². The summed E-state index contributed by atoms with van der Waals surface area (Å²) in [4.78, 5) is 10.9. The molecule has 82 valence electrons. The van der Waals surface area contributed by atoms with Gasteiger partial charge in [-0.3, -0.25) is 4.79 Å². The minimum atomic E-state index is -1.12. The van der Waals surface area contributed by atoms with Gasteiger partial charge in [-0.25, -0.2) is 0 Å². The first-order chi connectivity index (χ1) is 6.39. The monoisotopic (exact) mass is 215 g/mol. The van der Waals surface area contributed by atoms with E-state index >= 15 is 0 Å². The van der Waals surface area contributed by atoms with Gasteiger partial charge in [-0.15, -0.1) is 0 Å². The molecule has 1 N–H and O–H groups in total. The third-order valence-corrected chi connectivity index (χ3v) is 5.98. The van der Waals surface area contributed by atoms with E-state index in [2.05, 4.69) is 32.6 Å². The molecule has 0 aliphatic carbocycles. The molecule has 1 fully saturated rings. The minimum Gasteiger partial charge on any atom is -0.418 e. The van der Waals surface area contributed by atoms with Gasteiger partial charge in [0.2, 0.25) is 5.91 Å². The summed E-state index contributed by atoms with van der Waals surface area (Å²) in [5.41, 5.74) is 0. The third-order valence-electron chi connectivity index (χ3n) is 2.85. The molecule has 0 spiro atoms. The molecule has 1 aliphatic heterocycles. The van der Waals surface area contributed by atoms with Crippen molar-refractivity contribution in [3.05, 3.63) is 0 Å². The summed E-state index contributed by atoms with van der Waals surface area (Å²) in [5, 5.41) is 3.23. The molecular formula is C10H21NO2Si. The van der Waals surface area contributed by atoms with Gasteiger partial charge in [0, 0.05) is 6.42 Å². The number of rotatable bonds is 3. The fraction of sp³-hybridized carbons (Fsp3) is 0.900. The molecule has 0 saturated carbocycles. The number of nitrogens with one attached hydrogen (secondary N) is 1. The van der Waals surface area contributed by atoms with Crippen LogP contribution in [0.4, 0.5) is 0 Å². The molecule has 0 bridgehead atoms. The van der Waals surface area contributed by atoms with Gasteiger partial charge in [-0.1, -0.05) is 20.8 Å². The van der Waals surface area contributed by atoms with Crippen molar-refractivity contribution in [2.75, 3.05) is 6.61 Å². The van der Waals surface area contributed by atoms with E-state index in [1.807, 2.05) is 0 Å². The highest BCUT2D eigenvalue weighted by Gasteiger charge is 2.26. The highest BCUT2D eigenvalue weighted by atomic mass is 28.3. The molecule has 1 aliphatic rings. The molecule has 4 heteroatoms. The first-order valence-electron chi connectivity index (χ1n) is 5.30. The molecule has 2 atom stereocenters.